The van der Waals surface area contributed by atoms with Crippen molar-refractivity contribution in [2.75, 3.05) is 12.0 Å². The third-order valence-corrected chi connectivity index (χ3v) is 5.20. The Morgan fingerprint density at radius 2 is 1.83 bits per heavy atom. The summed E-state index contributed by atoms with van der Waals surface area (Å²) in [6, 6.07) is 12.1. The normalized spacial score (nSPS) is 11.2. The van der Waals surface area contributed by atoms with Gasteiger partial charge in [-0.05, 0) is 62.7 Å². The van der Waals surface area contributed by atoms with Crippen LogP contribution in [0.25, 0.3) is 10.9 Å². The van der Waals surface area contributed by atoms with E-state index in [4.69, 9.17) is 23.2 Å². The molecule has 0 unspecified atom stereocenters. The first-order valence-electron chi connectivity index (χ1n) is 9.52. The van der Waals surface area contributed by atoms with E-state index in [1.165, 1.54) is 0 Å². The molecule has 0 radical (unpaired) electrons. The van der Waals surface area contributed by atoms with Crippen molar-refractivity contribution in [2.45, 2.75) is 26.8 Å². The van der Waals surface area contributed by atoms with Crippen LogP contribution in [0.4, 0.5) is 5.69 Å². The minimum absolute atomic E-state index is 0.109. The number of anilines is 1. The van der Waals surface area contributed by atoms with Gasteiger partial charge in [-0.1, -0.05) is 23.2 Å². The summed E-state index contributed by atoms with van der Waals surface area (Å²) in [4.78, 5) is 25.2. The summed E-state index contributed by atoms with van der Waals surface area (Å²) in [6.45, 7) is 4.43. The molecule has 30 heavy (non-hydrogen) atoms. The topological polar surface area (TPSA) is 75.5 Å². The predicted molar refractivity (Wildman–Crippen MR) is 124 cm³/mol. The zero-order valence-corrected chi connectivity index (χ0v) is 18.2. The largest absolute Gasteiger partial charge is 0.352 e. The van der Waals surface area contributed by atoms with Gasteiger partial charge in [0.25, 0.3) is 11.5 Å². The molecule has 1 heterocycles. The number of nitrogens with one attached hydrogen (secondary N) is 2. The second kappa shape index (κ2) is 9.78. The van der Waals surface area contributed by atoms with Gasteiger partial charge in [-0.2, -0.15) is 5.10 Å². The number of rotatable bonds is 7. The Kier molecular flexibility index (Phi) is 7.13. The quantitative estimate of drug-likeness (QED) is 0.310. The number of fused-ring (bicyclic) bond motifs is 1. The number of benzene rings is 2. The molecule has 0 spiro atoms. The van der Waals surface area contributed by atoms with Crippen LogP contribution < -0.4 is 16.3 Å². The molecule has 1 aromatic heterocycles. The van der Waals surface area contributed by atoms with Crippen LogP contribution in [0.5, 0.6) is 0 Å². The van der Waals surface area contributed by atoms with E-state index < -0.39 is 0 Å². The summed E-state index contributed by atoms with van der Waals surface area (Å²) >= 11 is 12.0. The molecule has 156 valence electrons. The van der Waals surface area contributed by atoms with E-state index >= 15 is 0 Å². The Morgan fingerprint density at radius 1 is 1.13 bits per heavy atom. The van der Waals surface area contributed by atoms with Crippen molar-refractivity contribution in [3.8, 4) is 0 Å². The van der Waals surface area contributed by atoms with Gasteiger partial charge in [0.2, 0.25) is 0 Å². The maximum Gasteiger partial charge on any atom is 0.256 e. The van der Waals surface area contributed by atoms with E-state index in [2.05, 4.69) is 15.8 Å². The van der Waals surface area contributed by atoms with Crippen molar-refractivity contribution in [3.05, 3.63) is 74.0 Å². The number of aryl methyl sites for hydroxylation is 1. The Balaban J connectivity index is 1.79. The minimum atomic E-state index is -0.177. The predicted octanol–water partition coefficient (Wildman–Crippen LogP) is 4.85. The van der Waals surface area contributed by atoms with Crippen LogP contribution in [0.1, 0.15) is 29.3 Å². The molecule has 3 aromatic rings. The lowest BCUT2D eigenvalue weighted by molar-refractivity contribution is 0.0953. The standard InChI is InChI=1S/C22H22Cl2N4O2/c1-3-26-27-20-14(2)22(30)28(19-10-9-17(24)13-18(19)20)12-4-11-25-21(29)15-5-7-16(23)8-6-15/h3,5-10,13,27H,4,11-12H2,1-2H3,(H,25,29)/b26-3+. The number of pyridine rings is 1. The number of amides is 1. The lowest BCUT2D eigenvalue weighted by Crippen LogP contribution is -2.28. The number of nitrogens with zero attached hydrogens (tertiary/aromatic N) is 2. The molecule has 3 rings (SSSR count). The van der Waals surface area contributed by atoms with Gasteiger partial charge >= 0.3 is 0 Å². The van der Waals surface area contributed by atoms with Crippen LogP contribution in [-0.4, -0.2) is 23.2 Å². The van der Waals surface area contributed by atoms with Crippen molar-refractivity contribution in [2.24, 2.45) is 5.10 Å². The highest BCUT2D eigenvalue weighted by Gasteiger charge is 2.14. The van der Waals surface area contributed by atoms with Crippen LogP contribution in [0.15, 0.2) is 52.4 Å². The van der Waals surface area contributed by atoms with Crippen molar-refractivity contribution in [1.29, 1.82) is 0 Å². The summed E-state index contributed by atoms with van der Waals surface area (Å²) in [6.07, 6.45) is 2.21. The van der Waals surface area contributed by atoms with Gasteiger partial charge in [-0.3, -0.25) is 15.0 Å². The molecular weight excluding hydrogens is 423 g/mol. The molecule has 8 heteroatoms. The second-order valence-electron chi connectivity index (χ2n) is 6.73. The zero-order chi connectivity index (χ0) is 21.7. The third-order valence-electron chi connectivity index (χ3n) is 4.72. The maximum atomic E-state index is 13.0. The van der Waals surface area contributed by atoms with E-state index in [0.29, 0.717) is 46.4 Å². The van der Waals surface area contributed by atoms with Gasteiger partial charge in [0.1, 0.15) is 0 Å². The molecular formula is C22H22Cl2N4O2. The Morgan fingerprint density at radius 3 is 2.53 bits per heavy atom. The van der Waals surface area contributed by atoms with E-state index in [9.17, 15) is 9.59 Å². The van der Waals surface area contributed by atoms with E-state index in [1.807, 2.05) is 12.1 Å². The molecule has 0 aliphatic rings. The summed E-state index contributed by atoms with van der Waals surface area (Å²) < 4.78 is 1.70. The highest BCUT2D eigenvalue weighted by atomic mass is 35.5. The number of hydrazone groups is 1. The molecule has 2 aromatic carbocycles. The fraction of sp³-hybridized carbons (Fsp3) is 0.227. The first-order chi connectivity index (χ1) is 14.4. The van der Waals surface area contributed by atoms with Crippen molar-refractivity contribution < 1.29 is 4.79 Å². The molecule has 0 saturated carbocycles. The Hall–Kier alpha value is -2.83. The summed E-state index contributed by atoms with van der Waals surface area (Å²) in [5, 5.41) is 8.90. The van der Waals surface area contributed by atoms with Crippen molar-refractivity contribution >= 4 is 51.9 Å². The molecule has 1 amide bonds. The Bertz CT molecular complexity index is 1150. The maximum absolute atomic E-state index is 13.0. The van der Waals surface area contributed by atoms with E-state index in [1.54, 1.807) is 55.0 Å². The first-order valence-corrected chi connectivity index (χ1v) is 10.3. The number of hydrogen-bond acceptors (Lipinski definition) is 4. The highest BCUT2D eigenvalue weighted by Crippen LogP contribution is 2.28. The van der Waals surface area contributed by atoms with Crippen LogP contribution in [-0.2, 0) is 6.54 Å². The monoisotopic (exact) mass is 444 g/mol. The fourth-order valence-corrected chi connectivity index (χ4v) is 3.50. The molecule has 0 fully saturated rings. The number of aromatic nitrogens is 1. The van der Waals surface area contributed by atoms with Gasteiger partial charge < -0.3 is 9.88 Å². The molecule has 0 aliphatic heterocycles. The number of carbonyl (C=O) groups excluding carboxylic acids is 1. The Labute approximate surface area is 184 Å². The van der Waals surface area contributed by atoms with Crippen LogP contribution in [0.2, 0.25) is 10.0 Å². The van der Waals surface area contributed by atoms with E-state index in [0.717, 1.165) is 10.9 Å². The first kappa shape index (κ1) is 21.9. The van der Waals surface area contributed by atoms with Crippen LogP contribution in [0, 0.1) is 6.92 Å². The number of carbonyl (C=O) groups is 1. The average molecular weight is 445 g/mol. The van der Waals surface area contributed by atoms with Gasteiger partial charge in [0.15, 0.2) is 0 Å². The van der Waals surface area contributed by atoms with Gasteiger partial charge in [-0.25, -0.2) is 0 Å². The lowest BCUT2D eigenvalue weighted by Gasteiger charge is -2.16. The van der Waals surface area contributed by atoms with Gasteiger partial charge in [0.05, 0.1) is 11.2 Å². The molecule has 6 nitrogen and oxygen atoms in total. The average Bonchev–Trinajstić information content (AvgIpc) is 2.73. The number of hydrogen-bond donors (Lipinski definition) is 2. The SMILES string of the molecule is C/C=N/Nc1c(C)c(=O)n(CCCNC(=O)c2ccc(Cl)cc2)c2ccc(Cl)cc12. The minimum Gasteiger partial charge on any atom is -0.352 e. The molecule has 0 saturated heterocycles. The molecule has 0 bridgehead atoms. The van der Waals surface area contributed by atoms with Crippen LogP contribution in [0.3, 0.4) is 0 Å². The van der Waals surface area contributed by atoms with Crippen LogP contribution >= 0.6 is 23.2 Å². The van der Waals surface area contributed by atoms with Gasteiger partial charge in [-0.15, -0.1) is 0 Å². The number of halogens is 2. The highest BCUT2D eigenvalue weighted by molar-refractivity contribution is 6.31. The fourth-order valence-electron chi connectivity index (χ4n) is 3.20. The summed E-state index contributed by atoms with van der Waals surface area (Å²) in [7, 11) is 0. The lowest BCUT2D eigenvalue weighted by atomic mass is 10.1. The summed E-state index contributed by atoms with van der Waals surface area (Å²) in [5.74, 6) is -0.177. The summed E-state index contributed by atoms with van der Waals surface area (Å²) in [5.41, 5.74) is 5.32. The van der Waals surface area contributed by atoms with Gasteiger partial charge in [0, 0.05) is 45.9 Å². The molecule has 0 atom stereocenters. The second-order valence-corrected chi connectivity index (χ2v) is 7.61. The third kappa shape index (κ3) is 4.83. The van der Waals surface area contributed by atoms with Crippen molar-refractivity contribution in [1.82, 2.24) is 9.88 Å². The molecule has 2 N–H and O–H groups in total. The van der Waals surface area contributed by atoms with E-state index in [-0.39, 0.29) is 11.5 Å². The smallest absolute Gasteiger partial charge is 0.256 e. The van der Waals surface area contributed by atoms with Crippen molar-refractivity contribution in [3.63, 3.8) is 0 Å². The molecule has 0 aliphatic carbocycles. The zero-order valence-electron chi connectivity index (χ0n) is 16.7.